The Morgan fingerprint density at radius 3 is 2.31 bits per heavy atom. The van der Waals surface area contributed by atoms with Gasteiger partial charge in [-0.15, -0.1) is 0 Å². The largest absolute Gasteiger partial charge is 0.394 e. The van der Waals surface area contributed by atoms with E-state index in [2.05, 4.69) is 41.4 Å². The Morgan fingerprint density at radius 2 is 1.88 bits per heavy atom. The molecule has 0 spiro atoms. The number of aliphatic hydroxyl groups is 1. The number of likely N-dealkylation sites (N-methyl/N-ethyl adjacent to an activating group) is 2. The molecule has 0 aromatic heterocycles. The molecule has 1 rings (SSSR count). The smallest absolute Gasteiger partial charge is 0.0627 e. The molecule has 0 saturated carbocycles. The number of rotatable bonds is 5. The molecule has 0 heterocycles. The van der Waals surface area contributed by atoms with Gasteiger partial charge in [-0.2, -0.15) is 0 Å². The molecule has 1 atom stereocenters. The number of hydrogen-bond acceptors (Lipinski definition) is 3. The van der Waals surface area contributed by atoms with Gasteiger partial charge in [0.15, 0.2) is 0 Å². The number of nitrogens with one attached hydrogen (secondary N) is 1. The van der Waals surface area contributed by atoms with E-state index in [0.29, 0.717) is 0 Å². The predicted octanol–water partition coefficient (Wildman–Crippen LogP) is 1.40. The lowest BCUT2D eigenvalue weighted by Crippen LogP contribution is -2.51. The number of nitrogens with zero attached hydrogens (tertiary/aromatic N) is 1. The highest BCUT2D eigenvalue weighted by molar-refractivity contribution is 5.47. The quantitative estimate of drug-likeness (QED) is 0.790. The summed E-state index contributed by atoms with van der Waals surface area (Å²) in [6.45, 7) is 4.98. The second kappa shape index (κ2) is 5.32. The molecular formula is C13H22N2O. The summed E-state index contributed by atoms with van der Waals surface area (Å²) in [4.78, 5) is 2.14. The Hall–Kier alpha value is -1.06. The summed E-state index contributed by atoms with van der Waals surface area (Å²) < 4.78 is 0. The number of aliphatic hydroxyl groups excluding tert-OH is 1. The molecule has 0 radical (unpaired) electrons. The average Bonchev–Trinajstić information content (AvgIpc) is 2.29. The normalized spacial score (nSPS) is 14.6. The molecule has 1 aromatic carbocycles. The first kappa shape index (κ1) is 13.0. The molecule has 3 heteroatoms. The molecule has 1 aromatic rings. The van der Waals surface area contributed by atoms with Crippen molar-refractivity contribution in [1.82, 2.24) is 5.32 Å². The fourth-order valence-electron chi connectivity index (χ4n) is 1.62. The van der Waals surface area contributed by atoms with Crippen LogP contribution in [0.3, 0.4) is 0 Å². The summed E-state index contributed by atoms with van der Waals surface area (Å²) in [6.07, 6.45) is 0. The van der Waals surface area contributed by atoms with Crippen LogP contribution in [0, 0.1) is 6.92 Å². The maximum atomic E-state index is 9.34. The van der Waals surface area contributed by atoms with E-state index in [1.165, 1.54) is 11.3 Å². The second-order valence-corrected chi connectivity index (χ2v) is 4.66. The van der Waals surface area contributed by atoms with Crippen molar-refractivity contribution in [2.24, 2.45) is 0 Å². The van der Waals surface area contributed by atoms with Crippen LogP contribution in [0.5, 0.6) is 0 Å². The highest BCUT2D eigenvalue weighted by Crippen LogP contribution is 2.16. The number of benzene rings is 1. The third kappa shape index (κ3) is 3.22. The number of aryl methyl sites for hydroxylation is 1. The molecule has 90 valence electrons. The lowest BCUT2D eigenvalue weighted by atomic mass is 10.0. The molecular weight excluding hydrogens is 200 g/mol. The van der Waals surface area contributed by atoms with Crippen molar-refractivity contribution >= 4 is 5.69 Å². The summed E-state index contributed by atoms with van der Waals surface area (Å²) in [5, 5.41) is 12.5. The van der Waals surface area contributed by atoms with E-state index in [4.69, 9.17) is 0 Å². The van der Waals surface area contributed by atoms with Crippen LogP contribution in [0.15, 0.2) is 24.3 Å². The van der Waals surface area contributed by atoms with E-state index in [1.807, 2.05) is 21.0 Å². The van der Waals surface area contributed by atoms with Gasteiger partial charge in [-0.3, -0.25) is 0 Å². The molecule has 0 aliphatic carbocycles. The average molecular weight is 222 g/mol. The van der Waals surface area contributed by atoms with Crippen molar-refractivity contribution < 1.29 is 5.11 Å². The standard InChI is InChI=1S/C13H22N2O/c1-11-5-7-12(8-6-11)15(4)9-13(2,10-16)14-3/h5-8,14,16H,9-10H2,1-4H3. The lowest BCUT2D eigenvalue weighted by Gasteiger charge is -2.33. The topological polar surface area (TPSA) is 35.5 Å². The van der Waals surface area contributed by atoms with E-state index in [9.17, 15) is 5.11 Å². The van der Waals surface area contributed by atoms with Crippen LogP contribution in [-0.4, -0.2) is 37.9 Å². The van der Waals surface area contributed by atoms with Crippen molar-refractivity contribution in [3.8, 4) is 0 Å². The van der Waals surface area contributed by atoms with Gasteiger partial charge in [-0.25, -0.2) is 0 Å². The molecule has 16 heavy (non-hydrogen) atoms. The van der Waals surface area contributed by atoms with E-state index in [-0.39, 0.29) is 12.1 Å². The molecule has 0 aliphatic rings. The molecule has 0 amide bonds. The first-order chi connectivity index (χ1) is 7.50. The maximum Gasteiger partial charge on any atom is 0.0627 e. The van der Waals surface area contributed by atoms with Crippen LogP contribution >= 0.6 is 0 Å². The van der Waals surface area contributed by atoms with Crippen LogP contribution in [0.2, 0.25) is 0 Å². The van der Waals surface area contributed by atoms with Gasteiger partial charge in [0.2, 0.25) is 0 Å². The first-order valence-electron chi connectivity index (χ1n) is 5.58. The van der Waals surface area contributed by atoms with Crippen LogP contribution in [-0.2, 0) is 0 Å². The molecule has 1 unspecified atom stereocenters. The van der Waals surface area contributed by atoms with Crippen LogP contribution < -0.4 is 10.2 Å². The number of hydrogen-bond donors (Lipinski definition) is 2. The van der Waals surface area contributed by atoms with Gasteiger partial charge < -0.3 is 15.3 Å². The van der Waals surface area contributed by atoms with Crippen molar-refractivity contribution in [3.63, 3.8) is 0 Å². The van der Waals surface area contributed by atoms with Gasteiger partial charge in [0.25, 0.3) is 0 Å². The van der Waals surface area contributed by atoms with Gasteiger partial charge in [0.1, 0.15) is 0 Å². The van der Waals surface area contributed by atoms with Crippen molar-refractivity contribution in [2.75, 3.05) is 32.1 Å². The summed E-state index contributed by atoms with van der Waals surface area (Å²) in [5.74, 6) is 0. The minimum atomic E-state index is -0.264. The zero-order chi connectivity index (χ0) is 12.2. The summed E-state index contributed by atoms with van der Waals surface area (Å²) in [5.41, 5.74) is 2.16. The van der Waals surface area contributed by atoms with Crippen LogP contribution in [0.25, 0.3) is 0 Å². The minimum absolute atomic E-state index is 0.125. The Balaban J connectivity index is 2.71. The monoisotopic (exact) mass is 222 g/mol. The Bertz CT molecular complexity index is 317. The predicted molar refractivity (Wildman–Crippen MR) is 69.0 cm³/mol. The van der Waals surface area contributed by atoms with Crippen molar-refractivity contribution in [1.29, 1.82) is 0 Å². The van der Waals surface area contributed by atoms with Gasteiger partial charge in [-0.05, 0) is 33.0 Å². The SMILES string of the molecule is CNC(C)(CO)CN(C)c1ccc(C)cc1. The van der Waals surface area contributed by atoms with E-state index in [0.717, 1.165) is 6.54 Å². The lowest BCUT2D eigenvalue weighted by molar-refractivity contribution is 0.187. The van der Waals surface area contributed by atoms with Gasteiger partial charge >= 0.3 is 0 Å². The number of anilines is 1. The van der Waals surface area contributed by atoms with Crippen molar-refractivity contribution in [2.45, 2.75) is 19.4 Å². The summed E-state index contributed by atoms with van der Waals surface area (Å²) in [6, 6.07) is 8.40. The third-order valence-corrected chi connectivity index (χ3v) is 3.01. The van der Waals surface area contributed by atoms with E-state index in [1.54, 1.807) is 0 Å². The Labute approximate surface area is 98.1 Å². The molecule has 2 N–H and O–H groups in total. The molecule has 3 nitrogen and oxygen atoms in total. The minimum Gasteiger partial charge on any atom is -0.394 e. The molecule has 0 fully saturated rings. The summed E-state index contributed by atoms with van der Waals surface area (Å²) >= 11 is 0. The molecule has 0 saturated heterocycles. The van der Waals surface area contributed by atoms with Gasteiger partial charge in [0.05, 0.1) is 12.1 Å². The maximum absolute atomic E-state index is 9.34. The van der Waals surface area contributed by atoms with E-state index < -0.39 is 0 Å². The van der Waals surface area contributed by atoms with Gasteiger partial charge in [-0.1, -0.05) is 17.7 Å². The first-order valence-corrected chi connectivity index (χ1v) is 5.58. The van der Waals surface area contributed by atoms with E-state index >= 15 is 0 Å². The molecule has 0 bridgehead atoms. The zero-order valence-electron chi connectivity index (χ0n) is 10.6. The van der Waals surface area contributed by atoms with Gasteiger partial charge in [0, 0.05) is 19.3 Å². The van der Waals surface area contributed by atoms with Crippen LogP contribution in [0.1, 0.15) is 12.5 Å². The third-order valence-electron chi connectivity index (χ3n) is 3.01. The zero-order valence-corrected chi connectivity index (χ0v) is 10.6. The van der Waals surface area contributed by atoms with Crippen molar-refractivity contribution in [3.05, 3.63) is 29.8 Å². The fourth-order valence-corrected chi connectivity index (χ4v) is 1.62. The second-order valence-electron chi connectivity index (χ2n) is 4.66. The highest BCUT2D eigenvalue weighted by atomic mass is 16.3. The molecule has 0 aliphatic heterocycles. The Kier molecular flexibility index (Phi) is 4.33. The Morgan fingerprint density at radius 1 is 1.31 bits per heavy atom. The van der Waals surface area contributed by atoms with Crippen LogP contribution in [0.4, 0.5) is 5.69 Å². The summed E-state index contributed by atoms with van der Waals surface area (Å²) in [7, 11) is 3.91. The highest BCUT2D eigenvalue weighted by Gasteiger charge is 2.22. The fraction of sp³-hybridized carbons (Fsp3) is 0.538.